The monoisotopic (exact) mass is 946 g/mol. The number of likely N-dealkylation sites (N-methyl/N-ethyl adjacent to an activating group) is 1. The quantitative estimate of drug-likeness (QED) is 0.133. The highest BCUT2D eigenvalue weighted by Gasteiger charge is 2.53. The van der Waals surface area contributed by atoms with Crippen LogP contribution in [0, 0.1) is 29.1 Å². The zero-order chi connectivity index (χ0) is 50.2. The van der Waals surface area contributed by atoms with E-state index in [0.29, 0.717) is 18.5 Å². The minimum atomic E-state index is -2.26. The van der Waals surface area contributed by atoms with Crippen LogP contribution in [0.1, 0.15) is 91.2 Å². The van der Waals surface area contributed by atoms with Crippen molar-refractivity contribution in [2.24, 2.45) is 17.3 Å². The number of β-amino-alcohol motifs (C(OH)–C–C–N with tert-alkyl or cyclic N) is 1. The number of likely N-dealkylation sites (tertiary alicyclic amines) is 1. The van der Waals surface area contributed by atoms with Gasteiger partial charge in [-0.15, -0.1) is 0 Å². The molecule has 0 aliphatic carbocycles. The molecule has 5 heterocycles. The lowest BCUT2D eigenvalue weighted by atomic mass is 9.84. The number of fused-ring (bicyclic) bond motifs is 6. The van der Waals surface area contributed by atoms with Crippen molar-refractivity contribution >= 4 is 40.5 Å². The second kappa shape index (κ2) is 20.1. The molecule has 0 spiro atoms. The Morgan fingerprint density at radius 2 is 1.81 bits per heavy atom. The highest BCUT2D eigenvalue weighted by Crippen LogP contribution is 2.42. The fraction of sp³-hybridized carbons (Fsp3) is 0.509. The standard InChI is InChI=1S/C53H67N7O9/c1-11-16-43(61)58-29-33(5)52(66,30-58)49(64)57(9)45(32(3)4)47(62)55-41-26-35-17-13-18-36(25-35)37-20-21-42-39(27-37)40(46(59(42)12-2)38-19-14-23-54-44(38)34(6)68-10)28-51(7,8)31-69-50(65)53(67)22-15-24-60(56-53)48(41)63/h13-14,17-21,23,25,27,32-34,41,45,56,66-67H,12,15,22,24,26,28-31H2,1-10H3,(H,55,62)/t33-,34-,41-,45-,52+,53-/m0/s1. The molecule has 2 saturated heterocycles. The van der Waals surface area contributed by atoms with Crippen LogP contribution >= 0.6 is 0 Å². The predicted molar refractivity (Wildman–Crippen MR) is 260 cm³/mol. The van der Waals surface area contributed by atoms with Gasteiger partial charge in [0.25, 0.3) is 17.7 Å². The number of aromatic nitrogens is 2. The summed E-state index contributed by atoms with van der Waals surface area (Å²) in [5.74, 6) is 0.391. The number of carbonyl (C=O) groups excluding carboxylic acids is 5. The van der Waals surface area contributed by atoms with E-state index in [2.05, 4.69) is 58.3 Å². The van der Waals surface area contributed by atoms with Crippen molar-refractivity contribution in [3.05, 3.63) is 77.6 Å². The molecule has 16 nitrogen and oxygen atoms in total. The van der Waals surface area contributed by atoms with E-state index in [1.54, 1.807) is 34.1 Å². The minimum Gasteiger partial charge on any atom is -0.462 e. The van der Waals surface area contributed by atoms with E-state index in [0.717, 1.165) is 49.6 Å². The molecule has 7 rings (SSSR count). The number of hydrogen-bond acceptors (Lipinski definition) is 11. The zero-order valence-corrected chi connectivity index (χ0v) is 41.5. The zero-order valence-electron chi connectivity index (χ0n) is 41.5. The third-order valence-electron chi connectivity index (χ3n) is 14.0. The van der Waals surface area contributed by atoms with Crippen molar-refractivity contribution in [2.45, 2.75) is 117 Å². The van der Waals surface area contributed by atoms with Gasteiger partial charge in [-0.1, -0.05) is 70.9 Å². The topological polar surface area (TPSA) is 196 Å². The molecule has 3 aliphatic heterocycles. The number of cyclic esters (lactones) is 1. The van der Waals surface area contributed by atoms with Crippen LogP contribution < -0.4 is 10.7 Å². The molecular formula is C53H67N7O9. The number of ether oxygens (including phenoxy) is 2. The molecule has 0 saturated carbocycles. The van der Waals surface area contributed by atoms with Crippen LogP contribution in [-0.2, 0) is 52.8 Å². The Hall–Kier alpha value is -6.12. The molecule has 2 aromatic heterocycles. The average Bonchev–Trinajstić information content (AvgIpc) is 3.81. The van der Waals surface area contributed by atoms with Gasteiger partial charge in [0.05, 0.1) is 30.6 Å². The van der Waals surface area contributed by atoms with Crippen LogP contribution in [-0.4, -0.2) is 128 Å². The van der Waals surface area contributed by atoms with Crippen LogP contribution in [0.3, 0.4) is 0 Å². The fourth-order valence-corrected chi connectivity index (χ4v) is 10.3. The number of aryl methyl sites for hydroxylation is 1. The molecule has 2 aromatic carbocycles. The van der Waals surface area contributed by atoms with Gasteiger partial charge in [-0.05, 0) is 92.0 Å². The van der Waals surface area contributed by atoms with Gasteiger partial charge in [0, 0.05) is 80.6 Å². The molecule has 2 fully saturated rings. The van der Waals surface area contributed by atoms with Crippen molar-refractivity contribution in [1.29, 1.82) is 0 Å². The predicted octanol–water partition coefficient (Wildman–Crippen LogP) is 4.78. The summed E-state index contributed by atoms with van der Waals surface area (Å²) in [7, 11) is 3.09. The van der Waals surface area contributed by atoms with Gasteiger partial charge < -0.3 is 39.4 Å². The van der Waals surface area contributed by atoms with Crippen LogP contribution in [0.2, 0.25) is 0 Å². The van der Waals surface area contributed by atoms with Crippen LogP contribution in [0.25, 0.3) is 33.3 Å². The lowest BCUT2D eigenvalue weighted by Gasteiger charge is -2.40. The number of aliphatic hydroxyl groups is 2. The Labute approximate surface area is 404 Å². The number of methoxy groups -OCH3 is 1. The number of esters is 1. The first kappa shape index (κ1) is 50.7. The molecule has 0 unspecified atom stereocenters. The molecule has 4 N–H and O–H groups in total. The second-order valence-corrected chi connectivity index (χ2v) is 20.1. The van der Waals surface area contributed by atoms with E-state index in [-0.39, 0.29) is 51.6 Å². The Kier molecular flexibility index (Phi) is 14.8. The molecule has 6 atom stereocenters. The first-order valence-electron chi connectivity index (χ1n) is 23.9. The van der Waals surface area contributed by atoms with Crippen LogP contribution in [0.5, 0.6) is 0 Å². The van der Waals surface area contributed by atoms with Gasteiger partial charge in [-0.25, -0.2) is 4.79 Å². The lowest BCUT2D eigenvalue weighted by molar-refractivity contribution is -0.189. The number of nitrogens with one attached hydrogen (secondary N) is 2. The molecule has 69 heavy (non-hydrogen) atoms. The van der Waals surface area contributed by atoms with Gasteiger partial charge >= 0.3 is 5.97 Å². The first-order chi connectivity index (χ1) is 32.7. The molecule has 0 radical (unpaired) electrons. The maximum atomic E-state index is 14.8. The van der Waals surface area contributed by atoms with Crippen molar-refractivity contribution < 1.29 is 43.7 Å². The first-order valence-corrected chi connectivity index (χ1v) is 23.9. The summed E-state index contributed by atoms with van der Waals surface area (Å²) < 4.78 is 14.1. The number of carbonyl (C=O) groups is 5. The third kappa shape index (κ3) is 10.0. The van der Waals surface area contributed by atoms with E-state index in [1.807, 2.05) is 51.1 Å². The maximum absolute atomic E-state index is 14.8. The molecule has 368 valence electrons. The Morgan fingerprint density at radius 3 is 2.51 bits per heavy atom. The van der Waals surface area contributed by atoms with E-state index in [1.165, 1.54) is 23.8 Å². The Morgan fingerprint density at radius 1 is 1.07 bits per heavy atom. The number of pyridine rings is 1. The number of benzene rings is 2. The number of amides is 4. The van der Waals surface area contributed by atoms with E-state index >= 15 is 0 Å². The summed E-state index contributed by atoms with van der Waals surface area (Å²) in [6.45, 7) is 15.3. The second-order valence-electron chi connectivity index (χ2n) is 20.1. The van der Waals surface area contributed by atoms with Crippen molar-refractivity contribution in [2.75, 3.05) is 40.4 Å². The minimum absolute atomic E-state index is 0.00202. The molecule has 6 bridgehead atoms. The van der Waals surface area contributed by atoms with E-state index < -0.39 is 70.3 Å². The largest absolute Gasteiger partial charge is 0.462 e. The number of nitrogens with zero attached hydrogens (tertiary/aromatic N) is 5. The van der Waals surface area contributed by atoms with Crippen molar-refractivity contribution in [3.63, 3.8) is 0 Å². The highest BCUT2D eigenvalue weighted by atomic mass is 16.6. The summed E-state index contributed by atoms with van der Waals surface area (Å²) in [5.41, 5.74) is 5.10. The average molecular weight is 946 g/mol. The van der Waals surface area contributed by atoms with Gasteiger partial charge in [0.15, 0.2) is 5.60 Å². The summed E-state index contributed by atoms with van der Waals surface area (Å²) in [6, 6.07) is 15.7. The Bertz CT molecular complexity index is 2700. The van der Waals surface area contributed by atoms with Gasteiger partial charge in [-0.2, -0.15) is 5.43 Å². The number of hydrazine groups is 1. The molecule has 3 aliphatic rings. The van der Waals surface area contributed by atoms with Crippen molar-refractivity contribution in [3.8, 4) is 34.2 Å². The number of rotatable bonds is 9. The normalized spacial score (nSPS) is 23.7. The summed E-state index contributed by atoms with van der Waals surface area (Å²) in [4.78, 5) is 77.7. The smallest absolute Gasteiger partial charge is 0.355 e. The highest BCUT2D eigenvalue weighted by molar-refractivity contribution is 5.98. The summed E-state index contributed by atoms with van der Waals surface area (Å²) in [5, 5.41) is 28.8. The maximum Gasteiger partial charge on any atom is 0.355 e. The van der Waals surface area contributed by atoms with Crippen LogP contribution in [0.4, 0.5) is 0 Å². The molecule has 4 aromatic rings. The molecular weight excluding hydrogens is 879 g/mol. The summed E-state index contributed by atoms with van der Waals surface area (Å²) in [6.07, 6.45) is 2.15. The van der Waals surface area contributed by atoms with Crippen molar-refractivity contribution in [1.82, 2.24) is 35.1 Å². The third-order valence-corrected chi connectivity index (χ3v) is 14.0. The van der Waals surface area contributed by atoms with Gasteiger partial charge in [-0.3, -0.25) is 29.2 Å². The molecule has 16 heteroatoms. The van der Waals surface area contributed by atoms with E-state index in [9.17, 15) is 34.2 Å². The lowest BCUT2D eigenvalue weighted by Crippen LogP contribution is -2.67. The van der Waals surface area contributed by atoms with Gasteiger partial charge in [0.2, 0.25) is 11.6 Å². The van der Waals surface area contributed by atoms with Gasteiger partial charge in [0.1, 0.15) is 12.1 Å². The van der Waals surface area contributed by atoms with Crippen LogP contribution in [0.15, 0.2) is 60.8 Å². The summed E-state index contributed by atoms with van der Waals surface area (Å²) >= 11 is 0. The Balaban J connectivity index is 1.30. The molecule has 4 amide bonds. The fourth-order valence-electron chi connectivity index (χ4n) is 10.3. The SMILES string of the molecule is CC#CC(=O)N1C[C@H](C)[C@@](O)(C(=O)N(C)[C@H](C(=O)N[C@H]2Cc3cccc(c3)-c3ccc4c(c3)c(c(-c3cccnc3[C@H](C)OC)n4CC)CC(C)(C)COC(=O)[C@@]3(O)CCCN(N3)C2=O)C(C)C)C1. The van der Waals surface area contributed by atoms with E-state index in [4.69, 9.17) is 14.5 Å². The number of hydrogen-bond donors (Lipinski definition) is 4.